The van der Waals surface area contributed by atoms with Crippen LogP contribution in [0.2, 0.25) is 0 Å². The van der Waals surface area contributed by atoms with E-state index >= 15 is 0 Å². The Kier molecular flexibility index (Phi) is 14.2. The first-order valence-corrected chi connectivity index (χ1v) is 4.24. The summed E-state index contributed by atoms with van der Waals surface area (Å²) in [7, 11) is 0. The minimum Gasteiger partial charge on any atom is -0.0991 e. The van der Waals surface area contributed by atoms with Gasteiger partial charge in [-0.2, -0.15) is 0 Å². The fourth-order valence-electron chi connectivity index (χ4n) is 0.517. The molecule has 0 aliphatic rings. The topological polar surface area (TPSA) is 0 Å². The summed E-state index contributed by atoms with van der Waals surface area (Å²) in [4.78, 5) is 0. The zero-order valence-electron chi connectivity index (χ0n) is 8.51. The molecule has 0 aromatic rings. The van der Waals surface area contributed by atoms with Crippen molar-refractivity contribution in [3.63, 3.8) is 0 Å². The van der Waals surface area contributed by atoms with Crippen molar-refractivity contribution in [1.29, 1.82) is 0 Å². The molecule has 0 heteroatoms. The molecule has 0 aliphatic heterocycles. The van der Waals surface area contributed by atoms with E-state index in [-0.39, 0.29) is 0 Å². The normalized spacial score (nSPS) is 9.58. The minimum absolute atomic E-state index is 1.10. The van der Waals surface area contributed by atoms with E-state index in [0.717, 1.165) is 12.0 Å². The maximum Gasteiger partial charge on any atom is -0.0376 e. The van der Waals surface area contributed by atoms with Gasteiger partial charge in [-0.15, -0.1) is 0 Å². The van der Waals surface area contributed by atoms with E-state index in [1.165, 1.54) is 0 Å². The second kappa shape index (κ2) is 12.6. The highest BCUT2D eigenvalue weighted by Crippen LogP contribution is 1.85. The molecule has 0 fully saturated rings. The van der Waals surface area contributed by atoms with Crippen molar-refractivity contribution in [3.05, 3.63) is 49.1 Å². The molecule has 0 radical (unpaired) electrons. The summed E-state index contributed by atoms with van der Waals surface area (Å²) in [6, 6.07) is 0. The lowest BCUT2D eigenvalue weighted by molar-refractivity contribution is 1.22. The first-order valence-electron chi connectivity index (χ1n) is 4.24. The van der Waals surface area contributed by atoms with Crippen LogP contribution >= 0.6 is 0 Å². The van der Waals surface area contributed by atoms with Crippen molar-refractivity contribution in [2.45, 2.75) is 27.2 Å². The Bertz CT molecular complexity index is 159. The maximum absolute atomic E-state index is 3.66. The van der Waals surface area contributed by atoms with Gasteiger partial charge in [0.05, 0.1) is 0 Å². The maximum atomic E-state index is 3.66. The van der Waals surface area contributed by atoms with E-state index in [1.54, 1.807) is 6.08 Å². The van der Waals surface area contributed by atoms with E-state index in [4.69, 9.17) is 0 Å². The molecule has 0 saturated heterocycles. The number of allylic oxidation sites excluding steroid dienone is 6. The predicted molar refractivity (Wildman–Crippen MR) is 59.3 cm³/mol. The first-order chi connectivity index (χ1) is 5.68. The van der Waals surface area contributed by atoms with Gasteiger partial charge in [-0.3, -0.25) is 0 Å². The number of rotatable bonds is 3. The van der Waals surface area contributed by atoms with E-state index in [9.17, 15) is 0 Å². The minimum atomic E-state index is 1.10. The predicted octanol–water partition coefficient (Wildman–Crippen LogP) is 4.28. The number of hydrogen-bond acceptors (Lipinski definition) is 0. The molecule has 0 amide bonds. The van der Waals surface area contributed by atoms with Gasteiger partial charge in [-0.05, 0) is 20.3 Å². The van der Waals surface area contributed by atoms with Crippen LogP contribution in [0.1, 0.15) is 27.2 Å². The van der Waals surface area contributed by atoms with Crippen LogP contribution in [0.3, 0.4) is 0 Å². The van der Waals surface area contributed by atoms with Crippen LogP contribution in [0, 0.1) is 0 Å². The van der Waals surface area contributed by atoms with Crippen molar-refractivity contribution in [3.8, 4) is 0 Å². The molecule has 0 bridgehead atoms. The van der Waals surface area contributed by atoms with E-state index in [1.807, 2.05) is 32.1 Å². The molecule has 0 aliphatic carbocycles. The average Bonchev–Trinajstić information content (AvgIpc) is 2.02. The van der Waals surface area contributed by atoms with Gasteiger partial charge >= 0.3 is 0 Å². The highest BCUT2D eigenvalue weighted by Gasteiger charge is 1.63. The smallest absolute Gasteiger partial charge is 0.0376 e. The Morgan fingerprint density at radius 1 is 1.42 bits per heavy atom. The summed E-state index contributed by atoms with van der Waals surface area (Å²) < 4.78 is 0. The summed E-state index contributed by atoms with van der Waals surface area (Å²) in [6.07, 6.45) is 10.8. The summed E-state index contributed by atoms with van der Waals surface area (Å²) in [5, 5.41) is 0. The molecule has 0 saturated carbocycles. The van der Waals surface area contributed by atoms with Crippen molar-refractivity contribution in [2.24, 2.45) is 0 Å². The monoisotopic (exact) mass is 164 g/mol. The van der Waals surface area contributed by atoms with E-state index in [2.05, 4.69) is 26.2 Å². The third kappa shape index (κ3) is 23.1. The average molecular weight is 164 g/mol. The quantitative estimate of drug-likeness (QED) is 0.546. The van der Waals surface area contributed by atoms with Crippen LogP contribution in [0.25, 0.3) is 0 Å². The standard InChI is InChI=1S/2C6H10/c1-4-5-6(2)3;1-3-5-6-4-2/h4-5H,2H2,1,3H3;3,5-6H,1,4H2,2H3. The van der Waals surface area contributed by atoms with Gasteiger partial charge in [0.25, 0.3) is 0 Å². The highest BCUT2D eigenvalue weighted by molar-refractivity contribution is 5.09. The van der Waals surface area contributed by atoms with Gasteiger partial charge in [-0.1, -0.05) is 56.0 Å². The van der Waals surface area contributed by atoms with E-state index in [0.29, 0.717) is 0 Å². The number of hydrogen-bond donors (Lipinski definition) is 0. The van der Waals surface area contributed by atoms with Crippen LogP contribution in [0.4, 0.5) is 0 Å². The Morgan fingerprint density at radius 3 is 2.08 bits per heavy atom. The van der Waals surface area contributed by atoms with Crippen molar-refractivity contribution in [1.82, 2.24) is 0 Å². The molecular weight excluding hydrogens is 144 g/mol. The van der Waals surface area contributed by atoms with Crippen LogP contribution in [-0.2, 0) is 0 Å². The third-order valence-corrected chi connectivity index (χ3v) is 0.959. The van der Waals surface area contributed by atoms with Crippen LogP contribution in [-0.4, -0.2) is 0 Å². The summed E-state index contributed by atoms with van der Waals surface area (Å²) >= 11 is 0. The Labute approximate surface area is 77.0 Å². The lowest BCUT2D eigenvalue weighted by Gasteiger charge is -1.75. The second-order valence-corrected chi connectivity index (χ2v) is 2.42. The SMILES string of the molecule is C=C(C)C=CC.C=CC=CCC. The Balaban J connectivity index is 0. The fraction of sp³-hybridized carbons (Fsp3) is 0.333. The molecule has 12 heavy (non-hydrogen) atoms. The van der Waals surface area contributed by atoms with Crippen LogP contribution < -0.4 is 0 Å². The zero-order chi connectivity index (χ0) is 9.82. The second-order valence-electron chi connectivity index (χ2n) is 2.42. The first kappa shape index (κ1) is 13.5. The summed E-state index contributed by atoms with van der Waals surface area (Å²) in [5.74, 6) is 0. The lowest BCUT2D eigenvalue weighted by Crippen LogP contribution is -1.54. The third-order valence-electron chi connectivity index (χ3n) is 0.959. The Hall–Kier alpha value is -1.04. The Morgan fingerprint density at radius 2 is 2.00 bits per heavy atom. The molecule has 0 nitrogen and oxygen atoms in total. The van der Waals surface area contributed by atoms with Gasteiger partial charge in [-0.25, -0.2) is 0 Å². The zero-order valence-corrected chi connectivity index (χ0v) is 8.51. The van der Waals surface area contributed by atoms with Gasteiger partial charge in [0.1, 0.15) is 0 Å². The molecule has 68 valence electrons. The van der Waals surface area contributed by atoms with Crippen molar-refractivity contribution < 1.29 is 0 Å². The molecule has 0 aromatic heterocycles. The van der Waals surface area contributed by atoms with Crippen molar-refractivity contribution in [2.75, 3.05) is 0 Å². The van der Waals surface area contributed by atoms with Gasteiger partial charge < -0.3 is 0 Å². The summed E-state index contributed by atoms with van der Waals surface area (Å²) in [5.41, 5.74) is 1.11. The van der Waals surface area contributed by atoms with Gasteiger partial charge in [0.2, 0.25) is 0 Å². The van der Waals surface area contributed by atoms with Crippen LogP contribution in [0.15, 0.2) is 49.1 Å². The molecular formula is C12H20. The summed E-state index contributed by atoms with van der Waals surface area (Å²) in [6.45, 7) is 13.2. The fourth-order valence-corrected chi connectivity index (χ4v) is 0.517. The molecule has 0 unspecified atom stereocenters. The highest BCUT2D eigenvalue weighted by atomic mass is 13.7. The molecule has 0 aromatic carbocycles. The van der Waals surface area contributed by atoms with Gasteiger partial charge in [0.15, 0.2) is 0 Å². The molecule has 0 spiro atoms. The lowest BCUT2D eigenvalue weighted by atomic mass is 10.3. The molecule has 0 N–H and O–H groups in total. The van der Waals surface area contributed by atoms with Gasteiger partial charge in [0, 0.05) is 0 Å². The molecule has 0 heterocycles. The molecule has 0 atom stereocenters. The van der Waals surface area contributed by atoms with E-state index < -0.39 is 0 Å². The van der Waals surface area contributed by atoms with Crippen molar-refractivity contribution >= 4 is 0 Å². The largest absolute Gasteiger partial charge is 0.0991 e. The van der Waals surface area contributed by atoms with Crippen LogP contribution in [0.5, 0.6) is 0 Å². The molecule has 0 rings (SSSR count).